The summed E-state index contributed by atoms with van der Waals surface area (Å²) < 4.78 is 28.4. The quantitative estimate of drug-likeness (QED) is 0.453. The van der Waals surface area contributed by atoms with E-state index in [1.165, 1.54) is 0 Å². The van der Waals surface area contributed by atoms with Gasteiger partial charge in [-0.05, 0) is 19.4 Å². The summed E-state index contributed by atoms with van der Waals surface area (Å²) in [5.74, 6) is 0. The molecule has 0 amide bonds. The van der Waals surface area contributed by atoms with E-state index in [9.17, 15) is 4.57 Å². The first-order valence-electron chi connectivity index (χ1n) is 5.88. The Bertz CT molecular complexity index is 443. The van der Waals surface area contributed by atoms with Crippen molar-refractivity contribution >= 4 is 19.2 Å². The van der Waals surface area contributed by atoms with Crippen molar-refractivity contribution in [3.63, 3.8) is 0 Å². The van der Waals surface area contributed by atoms with E-state index in [1.54, 1.807) is 13.8 Å². The Labute approximate surface area is 112 Å². The molecule has 2 rings (SSSR count). The molecule has 0 N–H and O–H groups in total. The molecule has 18 heavy (non-hydrogen) atoms. The van der Waals surface area contributed by atoms with Crippen molar-refractivity contribution in [1.29, 1.82) is 0 Å². The number of alkyl halides is 1. The Morgan fingerprint density at radius 2 is 1.83 bits per heavy atom. The van der Waals surface area contributed by atoms with Gasteiger partial charge >= 0.3 is 7.60 Å². The van der Waals surface area contributed by atoms with E-state index in [1.807, 2.05) is 30.3 Å². The highest BCUT2D eigenvalue weighted by Crippen LogP contribution is 2.77. The lowest BCUT2D eigenvalue weighted by Crippen LogP contribution is -2.10. The Morgan fingerprint density at radius 3 is 2.33 bits per heavy atom. The van der Waals surface area contributed by atoms with Crippen molar-refractivity contribution in [2.24, 2.45) is 0 Å². The first-order chi connectivity index (χ1) is 8.57. The summed E-state index contributed by atoms with van der Waals surface area (Å²) in [6, 6.07) is 9.39. The van der Waals surface area contributed by atoms with Gasteiger partial charge in [0.05, 0.1) is 13.2 Å². The molecule has 1 aromatic rings. The first-order valence-corrected chi connectivity index (χ1v) is 7.80. The first kappa shape index (κ1) is 14.0. The van der Waals surface area contributed by atoms with Crippen LogP contribution in [0.15, 0.2) is 30.3 Å². The van der Waals surface area contributed by atoms with Gasteiger partial charge in [0.2, 0.25) is 0 Å². The standard InChI is InChI=1S/C12H16ClO4P/c1-3-15-18(14,16-4-2)12(13)11(17-12)10-8-6-5-7-9-10/h5-9,11H,3-4H2,1-2H3. The third kappa shape index (κ3) is 2.36. The molecular weight excluding hydrogens is 275 g/mol. The van der Waals surface area contributed by atoms with Crippen LogP contribution in [-0.2, 0) is 18.3 Å². The van der Waals surface area contributed by atoms with E-state index >= 15 is 0 Å². The van der Waals surface area contributed by atoms with Crippen LogP contribution in [0.5, 0.6) is 0 Å². The van der Waals surface area contributed by atoms with Crippen LogP contribution in [-0.4, -0.2) is 18.0 Å². The summed E-state index contributed by atoms with van der Waals surface area (Å²) in [5, 5.41) is 0. The second-order valence-corrected chi connectivity index (χ2v) is 6.85. The number of benzene rings is 1. The van der Waals surface area contributed by atoms with Gasteiger partial charge in [0, 0.05) is 0 Å². The summed E-state index contributed by atoms with van der Waals surface area (Å²) in [6.45, 7) is 4.00. The van der Waals surface area contributed by atoms with E-state index in [0.29, 0.717) is 0 Å². The van der Waals surface area contributed by atoms with E-state index in [0.717, 1.165) is 5.56 Å². The molecule has 0 radical (unpaired) electrons. The maximum absolute atomic E-state index is 12.6. The molecule has 1 aliphatic rings. The second-order valence-electron chi connectivity index (χ2n) is 3.85. The number of epoxide rings is 1. The fourth-order valence-electron chi connectivity index (χ4n) is 1.79. The SMILES string of the molecule is CCOP(=O)(OCC)C1(Cl)OC1c1ccccc1. The molecule has 0 spiro atoms. The minimum Gasteiger partial charge on any atom is -0.333 e. The smallest absolute Gasteiger partial charge is 0.333 e. The third-order valence-electron chi connectivity index (χ3n) is 2.62. The minimum absolute atomic E-state index is 0.261. The van der Waals surface area contributed by atoms with Crippen molar-refractivity contribution in [2.45, 2.75) is 24.8 Å². The van der Waals surface area contributed by atoms with Crippen LogP contribution < -0.4 is 0 Å². The lowest BCUT2D eigenvalue weighted by molar-refractivity contribution is 0.202. The Balaban J connectivity index is 2.21. The molecule has 100 valence electrons. The van der Waals surface area contributed by atoms with Gasteiger partial charge in [-0.15, -0.1) is 0 Å². The molecule has 0 aliphatic carbocycles. The summed E-state index contributed by atoms with van der Waals surface area (Å²) in [6.07, 6.45) is -0.454. The van der Waals surface area contributed by atoms with Gasteiger partial charge in [-0.2, -0.15) is 0 Å². The van der Waals surface area contributed by atoms with Gasteiger partial charge in [-0.1, -0.05) is 41.9 Å². The topological polar surface area (TPSA) is 48.1 Å². The van der Waals surface area contributed by atoms with Crippen molar-refractivity contribution in [3.8, 4) is 0 Å². The second kappa shape index (κ2) is 5.32. The summed E-state index contributed by atoms with van der Waals surface area (Å²) in [4.78, 5) is -1.39. The molecule has 2 atom stereocenters. The summed E-state index contributed by atoms with van der Waals surface area (Å²) >= 11 is 6.27. The Hall–Kier alpha value is -0.380. The molecule has 0 aromatic heterocycles. The van der Waals surface area contributed by atoms with E-state index < -0.39 is 18.5 Å². The zero-order valence-corrected chi connectivity index (χ0v) is 12.0. The highest BCUT2D eigenvalue weighted by atomic mass is 35.5. The number of ether oxygens (including phenoxy) is 1. The highest BCUT2D eigenvalue weighted by Gasteiger charge is 2.70. The lowest BCUT2D eigenvalue weighted by Gasteiger charge is -2.19. The molecule has 0 bridgehead atoms. The number of rotatable bonds is 6. The zero-order chi connectivity index (χ0) is 13.2. The molecule has 6 heteroatoms. The van der Waals surface area contributed by atoms with Crippen LogP contribution in [0.2, 0.25) is 0 Å². The van der Waals surface area contributed by atoms with E-state index in [4.69, 9.17) is 25.4 Å². The minimum atomic E-state index is -3.47. The Morgan fingerprint density at radius 1 is 1.28 bits per heavy atom. The average molecular weight is 291 g/mol. The third-order valence-corrected chi connectivity index (χ3v) is 5.81. The average Bonchev–Trinajstić information content (AvgIpc) is 3.05. The van der Waals surface area contributed by atoms with Crippen LogP contribution in [0, 0.1) is 0 Å². The monoisotopic (exact) mass is 290 g/mol. The van der Waals surface area contributed by atoms with Gasteiger partial charge in [0.1, 0.15) is 6.10 Å². The molecule has 1 aromatic carbocycles. The summed E-state index contributed by atoms with van der Waals surface area (Å²) in [5.41, 5.74) is 0.868. The van der Waals surface area contributed by atoms with Gasteiger partial charge in [0.25, 0.3) is 4.80 Å². The van der Waals surface area contributed by atoms with Gasteiger partial charge in [-0.25, -0.2) is 0 Å². The van der Waals surface area contributed by atoms with Gasteiger partial charge < -0.3 is 13.8 Å². The molecular formula is C12H16ClO4P. The predicted molar refractivity (Wildman–Crippen MR) is 69.7 cm³/mol. The van der Waals surface area contributed by atoms with Gasteiger partial charge in [0.15, 0.2) is 0 Å². The van der Waals surface area contributed by atoms with Crippen molar-refractivity contribution in [1.82, 2.24) is 0 Å². The number of halogens is 1. The molecule has 4 nitrogen and oxygen atoms in total. The number of hydrogen-bond acceptors (Lipinski definition) is 4. The predicted octanol–water partition coefficient (Wildman–Crippen LogP) is 3.92. The summed E-state index contributed by atoms with van der Waals surface area (Å²) in [7, 11) is -3.47. The molecule has 1 heterocycles. The Kier molecular flexibility index (Phi) is 4.15. The van der Waals surface area contributed by atoms with Crippen LogP contribution in [0.1, 0.15) is 25.5 Å². The van der Waals surface area contributed by atoms with Crippen molar-refractivity contribution in [2.75, 3.05) is 13.2 Å². The number of hydrogen-bond donors (Lipinski definition) is 0. The van der Waals surface area contributed by atoms with E-state index in [2.05, 4.69) is 0 Å². The van der Waals surface area contributed by atoms with E-state index in [-0.39, 0.29) is 13.2 Å². The van der Waals surface area contributed by atoms with Crippen LogP contribution in [0.4, 0.5) is 0 Å². The van der Waals surface area contributed by atoms with Gasteiger partial charge in [-0.3, -0.25) is 4.57 Å². The lowest BCUT2D eigenvalue weighted by atomic mass is 10.2. The largest absolute Gasteiger partial charge is 0.380 e. The van der Waals surface area contributed by atoms with Crippen LogP contribution in [0.3, 0.4) is 0 Å². The zero-order valence-electron chi connectivity index (χ0n) is 10.3. The molecule has 0 saturated carbocycles. The van der Waals surface area contributed by atoms with Crippen molar-refractivity contribution < 1.29 is 18.3 Å². The molecule has 1 saturated heterocycles. The maximum atomic E-state index is 12.6. The van der Waals surface area contributed by atoms with Crippen LogP contribution >= 0.6 is 19.2 Å². The molecule has 2 unspecified atom stereocenters. The fraction of sp³-hybridized carbons (Fsp3) is 0.500. The molecule has 1 aliphatic heterocycles. The maximum Gasteiger partial charge on any atom is 0.380 e. The van der Waals surface area contributed by atoms with Crippen LogP contribution in [0.25, 0.3) is 0 Å². The fourth-order valence-corrected chi connectivity index (χ4v) is 4.08. The highest BCUT2D eigenvalue weighted by molar-refractivity contribution is 7.57. The van der Waals surface area contributed by atoms with Crippen molar-refractivity contribution in [3.05, 3.63) is 35.9 Å². The normalized spacial score (nSPS) is 27.2. The molecule has 1 fully saturated rings.